The average molecular weight is 225 g/mol. The number of aromatic nitrogens is 1. The number of hydrogen-bond donors (Lipinski definition) is 1. The van der Waals surface area contributed by atoms with Gasteiger partial charge in [-0.25, -0.2) is 0 Å². The van der Waals surface area contributed by atoms with Crippen molar-refractivity contribution in [3.63, 3.8) is 0 Å². The Balaban J connectivity index is 0.00000106. The Morgan fingerprint density at radius 1 is 1.31 bits per heavy atom. The fourth-order valence-corrected chi connectivity index (χ4v) is 1.00. The van der Waals surface area contributed by atoms with E-state index in [1.54, 1.807) is 6.07 Å². The molecule has 0 atom stereocenters. The monoisotopic (exact) mass is 225 g/mol. The minimum atomic E-state index is -0.513. The zero-order valence-electron chi connectivity index (χ0n) is 10.4. The summed E-state index contributed by atoms with van der Waals surface area (Å²) in [5.41, 5.74) is 0.709. The lowest BCUT2D eigenvalue weighted by Gasteiger charge is -2.20. The molecule has 0 aliphatic rings. The van der Waals surface area contributed by atoms with Gasteiger partial charge in [-0.3, -0.25) is 0 Å². The number of nitrogens with one attached hydrogen (secondary N) is 1. The van der Waals surface area contributed by atoms with Gasteiger partial charge < -0.3 is 15.4 Å². The normalized spacial score (nSPS) is 10.1. The first-order chi connectivity index (χ1) is 7.38. The van der Waals surface area contributed by atoms with Gasteiger partial charge in [-0.2, -0.15) is 0 Å². The molecule has 0 amide bonds. The van der Waals surface area contributed by atoms with Crippen molar-refractivity contribution in [2.24, 2.45) is 0 Å². The maximum atomic E-state index is 10.3. The second-order valence-corrected chi connectivity index (χ2v) is 4.04. The van der Waals surface area contributed by atoms with Gasteiger partial charge in [0.2, 0.25) is 0 Å². The Bertz CT molecular complexity index is 328. The number of anilines is 1. The summed E-state index contributed by atoms with van der Waals surface area (Å²) in [5, 5.41) is 13.5. The first kappa shape index (κ1) is 14.3. The zero-order valence-corrected chi connectivity index (χ0v) is 10.4. The molecule has 0 unspecified atom stereocenters. The highest BCUT2D eigenvalue weighted by Gasteiger charge is 2.12. The van der Waals surface area contributed by atoms with E-state index in [0.717, 1.165) is 5.69 Å². The van der Waals surface area contributed by atoms with Gasteiger partial charge in [-0.15, -0.1) is 0 Å². The molecular weight excluding hydrogens is 206 g/mol. The largest absolute Gasteiger partial charge is 0.377 e. The van der Waals surface area contributed by atoms with E-state index in [4.69, 9.17) is 0 Å². The summed E-state index contributed by atoms with van der Waals surface area (Å²) >= 11 is 0. The minimum absolute atomic E-state index is 0.0716. The topological polar surface area (TPSA) is 68.1 Å². The van der Waals surface area contributed by atoms with Crippen molar-refractivity contribution in [1.82, 2.24) is 4.98 Å². The van der Waals surface area contributed by atoms with Crippen LogP contribution in [0.2, 0.25) is 0 Å². The van der Waals surface area contributed by atoms with E-state index < -0.39 is 4.92 Å². The molecule has 5 heteroatoms. The van der Waals surface area contributed by atoms with Crippen LogP contribution >= 0.6 is 0 Å². The molecule has 16 heavy (non-hydrogen) atoms. The number of nitrogens with zero attached hydrogens (tertiary/aromatic N) is 2. The van der Waals surface area contributed by atoms with Crippen LogP contribution in [0.5, 0.6) is 0 Å². The molecule has 0 aliphatic carbocycles. The highest BCUT2D eigenvalue weighted by molar-refractivity contribution is 5.45. The molecule has 0 radical (unpaired) electrons. The lowest BCUT2D eigenvalue weighted by Crippen LogP contribution is -2.26. The Morgan fingerprint density at radius 3 is 2.19 bits per heavy atom. The van der Waals surface area contributed by atoms with Gasteiger partial charge in [-0.1, -0.05) is 13.8 Å². The fourth-order valence-electron chi connectivity index (χ4n) is 1.00. The molecule has 5 nitrogen and oxygen atoms in total. The van der Waals surface area contributed by atoms with Crippen LogP contribution < -0.4 is 5.32 Å². The summed E-state index contributed by atoms with van der Waals surface area (Å²) in [5.74, 6) is -0.135. The minimum Gasteiger partial charge on any atom is -0.377 e. The van der Waals surface area contributed by atoms with Crippen LogP contribution in [-0.4, -0.2) is 15.4 Å². The maximum Gasteiger partial charge on any atom is 0.363 e. The third kappa shape index (κ3) is 5.29. The lowest BCUT2D eigenvalue weighted by atomic mass is 10.1. The van der Waals surface area contributed by atoms with E-state index in [0.29, 0.717) is 0 Å². The Hall–Kier alpha value is -1.65. The van der Waals surface area contributed by atoms with E-state index in [1.807, 2.05) is 34.6 Å². The molecule has 0 bridgehead atoms. The van der Waals surface area contributed by atoms with Crippen molar-refractivity contribution in [3.05, 3.63) is 28.4 Å². The second-order valence-electron chi connectivity index (χ2n) is 4.04. The highest BCUT2D eigenvalue weighted by Crippen LogP contribution is 2.15. The van der Waals surface area contributed by atoms with Crippen LogP contribution in [-0.2, 0) is 0 Å². The van der Waals surface area contributed by atoms with E-state index in [9.17, 15) is 10.1 Å². The number of pyridine rings is 1. The second kappa shape index (κ2) is 6.05. The molecular formula is C11H19N3O2. The summed E-state index contributed by atoms with van der Waals surface area (Å²) < 4.78 is 0. The van der Waals surface area contributed by atoms with Gasteiger partial charge in [-0.05, 0) is 36.7 Å². The van der Waals surface area contributed by atoms with Crippen LogP contribution in [0.25, 0.3) is 0 Å². The van der Waals surface area contributed by atoms with Crippen molar-refractivity contribution in [3.8, 4) is 0 Å². The van der Waals surface area contributed by atoms with Crippen molar-refractivity contribution in [2.45, 2.75) is 40.2 Å². The fraction of sp³-hybridized carbons (Fsp3) is 0.545. The molecule has 90 valence electrons. The average Bonchev–Trinajstić information content (AvgIpc) is 2.19. The first-order valence-electron chi connectivity index (χ1n) is 5.27. The van der Waals surface area contributed by atoms with Crippen LogP contribution in [0.15, 0.2) is 18.3 Å². The lowest BCUT2D eigenvalue weighted by molar-refractivity contribution is -0.389. The van der Waals surface area contributed by atoms with Gasteiger partial charge >= 0.3 is 5.82 Å². The van der Waals surface area contributed by atoms with Crippen molar-refractivity contribution < 1.29 is 4.92 Å². The first-order valence-corrected chi connectivity index (χ1v) is 5.27. The Labute approximate surface area is 96.0 Å². The molecule has 1 aromatic heterocycles. The maximum absolute atomic E-state index is 10.3. The summed E-state index contributed by atoms with van der Waals surface area (Å²) in [6, 6.07) is 3.03. The van der Waals surface area contributed by atoms with Gasteiger partial charge in [0, 0.05) is 11.6 Å². The number of hydrogen-bond acceptors (Lipinski definition) is 4. The quantitative estimate of drug-likeness (QED) is 0.619. The molecule has 1 N–H and O–H groups in total. The Kier molecular flexibility index (Phi) is 5.42. The molecule has 0 saturated heterocycles. The van der Waals surface area contributed by atoms with E-state index in [-0.39, 0.29) is 11.4 Å². The van der Waals surface area contributed by atoms with Gasteiger partial charge in [0.05, 0.1) is 5.69 Å². The SMILES string of the molecule is CC.CC(C)(C)Nc1ccc([N+](=O)[O-])nc1. The van der Waals surface area contributed by atoms with E-state index in [2.05, 4.69) is 10.3 Å². The molecule has 0 aliphatic heterocycles. The third-order valence-electron chi connectivity index (χ3n) is 1.45. The Morgan fingerprint density at radius 2 is 1.88 bits per heavy atom. The highest BCUT2D eigenvalue weighted by atomic mass is 16.6. The van der Waals surface area contributed by atoms with Gasteiger partial charge in [0.15, 0.2) is 6.20 Å². The number of nitro groups is 1. The van der Waals surface area contributed by atoms with Gasteiger partial charge in [0.25, 0.3) is 0 Å². The van der Waals surface area contributed by atoms with Crippen LogP contribution in [0.4, 0.5) is 11.5 Å². The van der Waals surface area contributed by atoms with Crippen molar-refractivity contribution in [1.29, 1.82) is 0 Å². The molecule has 0 aromatic carbocycles. The van der Waals surface area contributed by atoms with E-state index in [1.165, 1.54) is 12.3 Å². The molecule has 1 heterocycles. The molecule has 0 saturated carbocycles. The molecule has 0 fully saturated rings. The van der Waals surface area contributed by atoms with Gasteiger partial charge in [0.1, 0.15) is 0 Å². The third-order valence-corrected chi connectivity index (χ3v) is 1.45. The van der Waals surface area contributed by atoms with Crippen LogP contribution in [0.3, 0.4) is 0 Å². The molecule has 1 aromatic rings. The summed E-state index contributed by atoms with van der Waals surface area (Å²) in [4.78, 5) is 13.5. The summed E-state index contributed by atoms with van der Waals surface area (Å²) in [7, 11) is 0. The standard InChI is InChI=1S/C9H13N3O2.C2H6/c1-9(2,3)11-7-4-5-8(10-6-7)12(13)14;1-2/h4-6,11H,1-3H3;1-2H3. The van der Waals surface area contributed by atoms with E-state index >= 15 is 0 Å². The predicted molar refractivity (Wildman–Crippen MR) is 65.6 cm³/mol. The number of rotatable bonds is 2. The zero-order chi connectivity index (χ0) is 12.8. The smallest absolute Gasteiger partial charge is 0.363 e. The molecule has 1 rings (SSSR count). The van der Waals surface area contributed by atoms with Crippen LogP contribution in [0, 0.1) is 10.1 Å². The molecule has 0 spiro atoms. The van der Waals surface area contributed by atoms with Crippen molar-refractivity contribution >= 4 is 11.5 Å². The summed E-state index contributed by atoms with van der Waals surface area (Å²) in [6.07, 6.45) is 1.46. The summed E-state index contributed by atoms with van der Waals surface area (Å²) in [6.45, 7) is 10.0. The predicted octanol–water partition coefficient (Wildman–Crippen LogP) is 3.23. The van der Waals surface area contributed by atoms with Crippen molar-refractivity contribution in [2.75, 3.05) is 5.32 Å². The van der Waals surface area contributed by atoms with Crippen LogP contribution in [0.1, 0.15) is 34.6 Å².